The molecule has 3 amide bonds. The first-order valence-corrected chi connectivity index (χ1v) is 10.7. The minimum atomic E-state index is -0.473. The van der Waals surface area contributed by atoms with Crippen molar-refractivity contribution in [2.45, 2.75) is 25.8 Å². The van der Waals surface area contributed by atoms with E-state index in [2.05, 4.69) is 32.4 Å². The second-order valence-corrected chi connectivity index (χ2v) is 8.45. The van der Waals surface area contributed by atoms with Crippen LogP contribution in [0.5, 0.6) is 5.75 Å². The van der Waals surface area contributed by atoms with Crippen LogP contribution < -0.4 is 20.3 Å². The van der Waals surface area contributed by atoms with Gasteiger partial charge >= 0.3 is 12.1 Å². The molecule has 32 heavy (non-hydrogen) atoms. The summed E-state index contributed by atoms with van der Waals surface area (Å²) < 4.78 is 5.27. The summed E-state index contributed by atoms with van der Waals surface area (Å²) in [6.45, 7) is 7.01. The lowest BCUT2D eigenvalue weighted by atomic mass is 10.0. The number of amides is 3. The van der Waals surface area contributed by atoms with Gasteiger partial charge in [-0.25, -0.2) is 19.6 Å². The van der Waals surface area contributed by atoms with Crippen molar-refractivity contribution < 1.29 is 14.3 Å². The second kappa shape index (κ2) is 8.89. The molecule has 2 aliphatic rings. The molecule has 1 aromatic carbocycles. The Balaban J connectivity index is 1.40. The van der Waals surface area contributed by atoms with Gasteiger partial charge in [-0.2, -0.15) is 0 Å². The summed E-state index contributed by atoms with van der Waals surface area (Å²) in [6, 6.07) is 6.63. The molecule has 2 atom stereocenters. The van der Waals surface area contributed by atoms with Gasteiger partial charge in [0.05, 0.1) is 0 Å². The van der Waals surface area contributed by atoms with Gasteiger partial charge in [0.1, 0.15) is 23.7 Å². The third kappa shape index (κ3) is 4.39. The highest BCUT2D eigenvalue weighted by atomic mass is 16.6. The number of anilines is 3. The zero-order valence-corrected chi connectivity index (χ0v) is 18.8. The molecule has 0 aliphatic carbocycles. The largest absolute Gasteiger partial charge is 0.414 e. The predicted octanol–water partition coefficient (Wildman–Crippen LogP) is 2.81. The zero-order chi connectivity index (χ0) is 22.8. The van der Waals surface area contributed by atoms with Crippen LogP contribution in [0.2, 0.25) is 0 Å². The van der Waals surface area contributed by atoms with Crippen LogP contribution in [0.25, 0.3) is 0 Å². The van der Waals surface area contributed by atoms with E-state index in [0.29, 0.717) is 37.0 Å². The molecule has 1 saturated heterocycles. The Morgan fingerprint density at radius 3 is 2.78 bits per heavy atom. The van der Waals surface area contributed by atoms with Crippen LogP contribution in [0.15, 0.2) is 30.6 Å². The van der Waals surface area contributed by atoms with Crippen LogP contribution in [0.1, 0.15) is 25.3 Å². The van der Waals surface area contributed by atoms with E-state index in [4.69, 9.17) is 4.74 Å². The maximum Gasteiger partial charge on any atom is 0.414 e. The molecule has 2 aliphatic heterocycles. The van der Waals surface area contributed by atoms with Crippen molar-refractivity contribution in [1.82, 2.24) is 19.8 Å². The Labute approximate surface area is 187 Å². The van der Waals surface area contributed by atoms with Crippen molar-refractivity contribution in [2.24, 2.45) is 0 Å². The monoisotopic (exact) mass is 439 g/mol. The number of carbonyl (C=O) groups excluding carboxylic acids is 2. The van der Waals surface area contributed by atoms with Gasteiger partial charge < -0.3 is 30.1 Å². The maximum atomic E-state index is 12.9. The summed E-state index contributed by atoms with van der Waals surface area (Å²) >= 11 is 0. The third-order valence-electron chi connectivity index (χ3n) is 5.77. The number of urea groups is 1. The summed E-state index contributed by atoms with van der Waals surface area (Å²) in [5.74, 6) is 2.59. The van der Waals surface area contributed by atoms with Gasteiger partial charge in [-0.05, 0) is 19.1 Å². The van der Waals surface area contributed by atoms with Gasteiger partial charge in [0, 0.05) is 69.6 Å². The standard InChI is InChI=1S/C22H29N7O3/c1-14-11-23-19-18(14)20(25-13-24-19)28-8-9-29(15(2)12-28)21(30)26-16-6-5-7-17(10-16)32-22(31)27(3)4/h5-7,10,13-15H,8-9,11-12H2,1-4H3,(H,26,30)(H,23,24,25)/t14?,15-/m0/s1. The van der Waals surface area contributed by atoms with Crippen molar-refractivity contribution >= 4 is 29.4 Å². The molecule has 170 valence electrons. The Bertz CT molecular complexity index is 1010. The summed E-state index contributed by atoms with van der Waals surface area (Å²) in [5.41, 5.74) is 1.73. The van der Waals surface area contributed by atoms with Crippen molar-refractivity contribution in [3.63, 3.8) is 0 Å². The molecule has 1 fully saturated rings. The van der Waals surface area contributed by atoms with E-state index in [9.17, 15) is 9.59 Å². The number of nitrogens with zero attached hydrogens (tertiary/aromatic N) is 5. The molecule has 0 radical (unpaired) electrons. The number of benzene rings is 1. The number of ether oxygens (including phenoxy) is 1. The molecule has 0 saturated carbocycles. The molecule has 10 heteroatoms. The quantitative estimate of drug-likeness (QED) is 0.758. The van der Waals surface area contributed by atoms with E-state index in [1.165, 1.54) is 4.90 Å². The Morgan fingerprint density at radius 1 is 1.22 bits per heavy atom. The number of rotatable bonds is 3. The van der Waals surface area contributed by atoms with Crippen LogP contribution in [0.4, 0.5) is 26.9 Å². The van der Waals surface area contributed by atoms with Gasteiger partial charge in [-0.3, -0.25) is 0 Å². The average molecular weight is 440 g/mol. The summed E-state index contributed by atoms with van der Waals surface area (Å²) in [6.07, 6.45) is 1.12. The molecule has 2 N–H and O–H groups in total. The van der Waals surface area contributed by atoms with Crippen LogP contribution in [-0.4, -0.2) is 78.2 Å². The smallest absolute Gasteiger partial charge is 0.410 e. The molecule has 0 spiro atoms. The number of hydrogen-bond acceptors (Lipinski definition) is 7. The van der Waals surface area contributed by atoms with Gasteiger partial charge in [0.2, 0.25) is 0 Å². The molecular weight excluding hydrogens is 410 g/mol. The first kappa shape index (κ1) is 21.7. The number of aromatic nitrogens is 2. The molecule has 1 unspecified atom stereocenters. The number of piperazine rings is 1. The van der Waals surface area contributed by atoms with Gasteiger partial charge in [-0.1, -0.05) is 13.0 Å². The fourth-order valence-electron chi connectivity index (χ4n) is 4.06. The van der Waals surface area contributed by atoms with Gasteiger partial charge in [0.25, 0.3) is 0 Å². The molecule has 10 nitrogen and oxygen atoms in total. The van der Waals surface area contributed by atoms with E-state index in [0.717, 1.165) is 23.7 Å². The molecule has 2 aromatic rings. The van der Waals surface area contributed by atoms with E-state index < -0.39 is 6.09 Å². The predicted molar refractivity (Wildman–Crippen MR) is 122 cm³/mol. The minimum absolute atomic E-state index is 0.00575. The summed E-state index contributed by atoms with van der Waals surface area (Å²) in [7, 11) is 3.23. The lowest BCUT2D eigenvalue weighted by Crippen LogP contribution is -2.55. The highest BCUT2D eigenvalue weighted by Gasteiger charge is 2.32. The lowest BCUT2D eigenvalue weighted by Gasteiger charge is -2.40. The fraction of sp³-hybridized carbons (Fsp3) is 0.455. The van der Waals surface area contributed by atoms with Gasteiger partial charge in [-0.15, -0.1) is 0 Å². The van der Waals surface area contributed by atoms with Crippen molar-refractivity contribution in [3.8, 4) is 5.75 Å². The first-order valence-electron chi connectivity index (χ1n) is 10.7. The van der Waals surface area contributed by atoms with E-state index >= 15 is 0 Å². The van der Waals surface area contributed by atoms with Crippen molar-refractivity contribution in [2.75, 3.05) is 55.8 Å². The first-order chi connectivity index (χ1) is 15.3. The number of hydrogen-bond donors (Lipinski definition) is 2. The van der Waals surface area contributed by atoms with Crippen molar-refractivity contribution in [1.29, 1.82) is 0 Å². The lowest BCUT2D eigenvalue weighted by molar-refractivity contribution is 0.172. The fourth-order valence-corrected chi connectivity index (χ4v) is 4.06. The molecule has 4 rings (SSSR count). The summed E-state index contributed by atoms with van der Waals surface area (Å²) in [4.78, 5) is 39.0. The van der Waals surface area contributed by atoms with Crippen LogP contribution in [0, 0.1) is 0 Å². The number of nitrogens with one attached hydrogen (secondary N) is 2. The highest BCUT2D eigenvalue weighted by Crippen LogP contribution is 2.36. The van der Waals surface area contributed by atoms with Gasteiger partial charge in [0.15, 0.2) is 0 Å². The Morgan fingerprint density at radius 2 is 2.03 bits per heavy atom. The Kier molecular flexibility index (Phi) is 6.02. The topological polar surface area (TPSA) is 103 Å². The number of carbonyl (C=O) groups is 2. The van der Waals surface area contributed by atoms with E-state index in [1.54, 1.807) is 44.7 Å². The van der Waals surface area contributed by atoms with E-state index in [-0.39, 0.29) is 12.1 Å². The van der Waals surface area contributed by atoms with Crippen molar-refractivity contribution in [3.05, 3.63) is 36.2 Å². The van der Waals surface area contributed by atoms with Crippen LogP contribution >= 0.6 is 0 Å². The number of fused-ring (bicyclic) bond motifs is 1. The average Bonchev–Trinajstić information content (AvgIpc) is 3.15. The third-order valence-corrected chi connectivity index (χ3v) is 5.77. The molecule has 0 bridgehead atoms. The molecule has 1 aromatic heterocycles. The Hall–Kier alpha value is -3.56. The normalized spacial score (nSPS) is 19.8. The zero-order valence-electron chi connectivity index (χ0n) is 18.8. The van der Waals surface area contributed by atoms with E-state index in [1.807, 2.05) is 11.8 Å². The maximum absolute atomic E-state index is 12.9. The molecular formula is C22H29N7O3. The van der Waals surface area contributed by atoms with Crippen LogP contribution in [-0.2, 0) is 0 Å². The highest BCUT2D eigenvalue weighted by molar-refractivity contribution is 5.90. The van der Waals surface area contributed by atoms with Crippen LogP contribution in [0.3, 0.4) is 0 Å². The minimum Gasteiger partial charge on any atom is -0.410 e. The SMILES string of the molecule is CC1CNc2ncnc(N3CCN(C(=O)Nc4cccc(OC(=O)N(C)C)c4)[C@@H](C)C3)c21. The summed E-state index contributed by atoms with van der Waals surface area (Å²) in [5, 5.41) is 6.25. The second-order valence-electron chi connectivity index (χ2n) is 8.45. The molecule has 3 heterocycles.